The van der Waals surface area contributed by atoms with Crippen molar-refractivity contribution in [1.29, 1.82) is 0 Å². The van der Waals surface area contributed by atoms with Gasteiger partial charge in [0, 0.05) is 43.1 Å². The first-order chi connectivity index (χ1) is 20.3. The second-order valence-electron chi connectivity index (χ2n) is 12.0. The first-order valence-corrected chi connectivity index (χ1v) is 15.4. The molecule has 1 saturated carbocycles. The molecule has 1 heterocycles. The van der Waals surface area contributed by atoms with Gasteiger partial charge in [-0.1, -0.05) is 75.1 Å². The number of hydrogen-bond donors (Lipinski definition) is 0. The molecular weight excluding hydrogens is 522 g/mol. The Bertz CT molecular complexity index is 1450. The van der Waals surface area contributed by atoms with E-state index in [0.717, 1.165) is 29.5 Å². The monoisotopic (exact) mass is 563 g/mol. The van der Waals surface area contributed by atoms with E-state index in [0.29, 0.717) is 35.9 Å². The van der Waals surface area contributed by atoms with Crippen molar-refractivity contribution in [3.05, 3.63) is 94.5 Å². The normalized spacial score (nSPS) is 15.6. The summed E-state index contributed by atoms with van der Waals surface area (Å²) in [6.45, 7) is 6.04. The molecule has 0 N–H and O–H groups in total. The van der Waals surface area contributed by atoms with Crippen LogP contribution < -0.4 is 9.64 Å². The first kappa shape index (κ1) is 29.5. The van der Waals surface area contributed by atoms with Crippen LogP contribution in [0, 0.1) is 17.8 Å². The van der Waals surface area contributed by atoms with E-state index in [4.69, 9.17) is 9.47 Å². The van der Waals surface area contributed by atoms with Gasteiger partial charge in [-0.25, -0.2) is 4.79 Å². The Balaban J connectivity index is 1.32. The summed E-state index contributed by atoms with van der Waals surface area (Å²) < 4.78 is 11.3. The molecule has 3 aromatic rings. The number of carbonyl (C=O) groups excluding carboxylic acids is 2. The third kappa shape index (κ3) is 7.62. The van der Waals surface area contributed by atoms with Gasteiger partial charge in [-0.3, -0.25) is 4.79 Å². The molecule has 5 heteroatoms. The molecule has 42 heavy (non-hydrogen) atoms. The van der Waals surface area contributed by atoms with Crippen molar-refractivity contribution in [2.45, 2.75) is 90.9 Å². The number of hydrogen-bond acceptors (Lipinski definition) is 4. The Kier molecular flexibility index (Phi) is 9.32. The van der Waals surface area contributed by atoms with Crippen LogP contribution in [-0.2, 0) is 22.5 Å². The third-order valence-corrected chi connectivity index (χ3v) is 8.15. The molecule has 2 aliphatic rings. The number of nitrogens with zero attached hydrogens (tertiary/aromatic N) is 1. The van der Waals surface area contributed by atoms with Crippen LogP contribution in [-0.4, -0.2) is 17.7 Å². The predicted molar refractivity (Wildman–Crippen MR) is 166 cm³/mol. The van der Waals surface area contributed by atoms with E-state index >= 15 is 0 Å². The van der Waals surface area contributed by atoms with Gasteiger partial charge >= 0.3 is 5.97 Å². The lowest BCUT2D eigenvalue weighted by Crippen LogP contribution is -2.39. The molecule has 1 fully saturated rings. The molecule has 0 spiro atoms. The van der Waals surface area contributed by atoms with Gasteiger partial charge < -0.3 is 14.4 Å². The summed E-state index contributed by atoms with van der Waals surface area (Å²) in [6, 6.07) is 21.9. The number of carbonyl (C=O) groups is 2. The highest BCUT2D eigenvalue weighted by Crippen LogP contribution is 2.35. The van der Waals surface area contributed by atoms with E-state index in [2.05, 4.69) is 43.0 Å². The van der Waals surface area contributed by atoms with Gasteiger partial charge in [0.05, 0.1) is 6.54 Å². The summed E-state index contributed by atoms with van der Waals surface area (Å²) in [7, 11) is 0. The molecule has 218 valence electrons. The maximum Gasteiger partial charge on any atom is 0.345 e. The lowest BCUT2D eigenvalue weighted by Gasteiger charge is -2.32. The Morgan fingerprint density at radius 3 is 2.19 bits per heavy atom. The number of esters is 1. The van der Waals surface area contributed by atoms with Gasteiger partial charge in [0.25, 0.3) is 0 Å². The highest BCUT2D eigenvalue weighted by atomic mass is 16.7. The van der Waals surface area contributed by atoms with Crippen LogP contribution in [0.1, 0.15) is 105 Å². The lowest BCUT2D eigenvalue weighted by molar-refractivity contribution is -0.127. The molecule has 0 atom stereocenters. The zero-order valence-corrected chi connectivity index (χ0v) is 25.1. The van der Waals surface area contributed by atoms with Gasteiger partial charge in [0.2, 0.25) is 11.7 Å². The molecule has 0 radical (unpaired) electrons. The second-order valence-corrected chi connectivity index (χ2v) is 12.0. The fraction of sp³-hybridized carbons (Fsp3) is 0.405. The Hall–Kier alpha value is -4.04. The van der Waals surface area contributed by atoms with Crippen LogP contribution in [0.2, 0.25) is 0 Å². The molecule has 5 rings (SSSR count). The van der Waals surface area contributed by atoms with Gasteiger partial charge in [-0.2, -0.15) is 0 Å². The minimum absolute atomic E-state index is 0.0748. The molecule has 1 aliphatic carbocycles. The highest BCUT2D eigenvalue weighted by Gasteiger charge is 2.34. The number of fused-ring (bicyclic) bond motifs is 1. The van der Waals surface area contributed by atoms with Crippen LogP contribution in [0.25, 0.3) is 0 Å². The van der Waals surface area contributed by atoms with Crippen LogP contribution in [0.3, 0.4) is 0 Å². The number of amides is 1. The van der Waals surface area contributed by atoms with Gasteiger partial charge in [-0.15, -0.1) is 0 Å². The van der Waals surface area contributed by atoms with Crippen molar-refractivity contribution < 1.29 is 19.1 Å². The molecule has 1 amide bonds. The first-order valence-electron chi connectivity index (χ1n) is 15.4. The molecular formula is C37H41NO4. The summed E-state index contributed by atoms with van der Waals surface area (Å²) in [6.07, 6.45) is 9.85. The fourth-order valence-corrected chi connectivity index (χ4v) is 5.74. The summed E-state index contributed by atoms with van der Waals surface area (Å²) in [5.74, 6) is 6.19. The largest absolute Gasteiger partial charge is 0.452 e. The molecule has 5 nitrogen and oxygen atoms in total. The van der Waals surface area contributed by atoms with Gasteiger partial charge in [0.1, 0.15) is 11.3 Å². The average molecular weight is 564 g/mol. The van der Waals surface area contributed by atoms with Crippen molar-refractivity contribution in [3.8, 4) is 17.6 Å². The van der Waals surface area contributed by atoms with Crippen LogP contribution in [0.15, 0.2) is 66.7 Å². The molecule has 0 aromatic heterocycles. The molecule has 0 unspecified atom stereocenters. The Morgan fingerprint density at radius 2 is 1.55 bits per heavy atom. The summed E-state index contributed by atoms with van der Waals surface area (Å²) in [4.78, 5) is 27.9. The molecule has 0 saturated heterocycles. The number of benzene rings is 3. The lowest BCUT2D eigenvalue weighted by atomic mass is 10.0. The molecule has 3 aromatic carbocycles. The predicted octanol–water partition coefficient (Wildman–Crippen LogP) is 8.22. The molecule has 0 bridgehead atoms. The summed E-state index contributed by atoms with van der Waals surface area (Å²) >= 11 is 0. The van der Waals surface area contributed by atoms with Crippen molar-refractivity contribution in [3.63, 3.8) is 0 Å². The van der Waals surface area contributed by atoms with Crippen molar-refractivity contribution in [1.82, 2.24) is 0 Å². The number of rotatable bonds is 9. The third-order valence-electron chi connectivity index (χ3n) is 8.15. The average Bonchev–Trinajstić information content (AvgIpc) is 3.50. The number of cyclic esters (lactones) is 1. The fourth-order valence-electron chi connectivity index (χ4n) is 5.74. The van der Waals surface area contributed by atoms with E-state index in [9.17, 15) is 9.59 Å². The smallest absolute Gasteiger partial charge is 0.345 e. The topological polar surface area (TPSA) is 55.8 Å². The van der Waals surface area contributed by atoms with E-state index in [1.54, 1.807) is 26.0 Å². The minimum Gasteiger partial charge on any atom is -0.452 e. The van der Waals surface area contributed by atoms with Crippen LogP contribution in [0.5, 0.6) is 5.75 Å². The number of ether oxygens (including phenoxy) is 2. The van der Waals surface area contributed by atoms with E-state index < -0.39 is 11.8 Å². The highest BCUT2D eigenvalue weighted by molar-refractivity contribution is 5.97. The van der Waals surface area contributed by atoms with E-state index in [1.165, 1.54) is 44.1 Å². The van der Waals surface area contributed by atoms with E-state index in [-0.39, 0.29) is 5.91 Å². The van der Waals surface area contributed by atoms with Crippen LogP contribution >= 0.6 is 0 Å². The van der Waals surface area contributed by atoms with E-state index in [1.807, 2.05) is 35.2 Å². The van der Waals surface area contributed by atoms with Crippen molar-refractivity contribution in [2.75, 3.05) is 4.90 Å². The minimum atomic E-state index is -1.06. The van der Waals surface area contributed by atoms with Crippen molar-refractivity contribution >= 4 is 17.6 Å². The SMILES string of the molecule is CCCCc1ccc(C#Cc2ccc(CN(C(=O)CCC3CCCC3)c3ccc4c(c3)OC(C)(C)OC4=O)cc2)cc1. The van der Waals surface area contributed by atoms with Crippen LogP contribution in [0.4, 0.5) is 5.69 Å². The summed E-state index contributed by atoms with van der Waals surface area (Å²) in [5.41, 5.74) is 5.37. The Morgan fingerprint density at radius 1 is 0.905 bits per heavy atom. The number of aryl methyl sites for hydroxylation is 1. The zero-order chi connectivity index (χ0) is 29.5. The number of unbranched alkanes of at least 4 members (excludes halogenated alkanes) is 1. The van der Waals surface area contributed by atoms with Gasteiger partial charge in [-0.05, 0) is 72.7 Å². The quantitative estimate of drug-likeness (QED) is 0.194. The zero-order valence-electron chi connectivity index (χ0n) is 25.1. The standard InChI is InChI=1S/C37H41NO4/c1-4-5-8-28-11-13-29(14-12-28)15-16-30-17-19-31(20-18-30)26-38(35(39)24-21-27-9-6-7-10-27)32-22-23-33-34(25-32)41-37(2,3)42-36(33)40/h11-14,17-20,22-23,25,27H,4-10,21,24,26H2,1-3H3. The Labute approximate surface area is 250 Å². The molecule has 1 aliphatic heterocycles. The van der Waals surface area contributed by atoms with Gasteiger partial charge in [0.15, 0.2) is 0 Å². The summed E-state index contributed by atoms with van der Waals surface area (Å²) in [5, 5.41) is 0. The second kappa shape index (κ2) is 13.3. The number of anilines is 1. The maximum absolute atomic E-state index is 13.6. The van der Waals surface area contributed by atoms with Crippen molar-refractivity contribution in [2.24, 2.45) is 5.92 Å². The maximum atomic E-state index is 13.6.